The number of imidazole rings is 1. The van der Waals surface area contributed by atoms with Gasteiger partial charge in [0, 0.05) is 36.5 Å². The molecule has 3 aromatic rings. The van der Waals surface area contributed by atoms with Crippen LogP contribution >= 0.6 is 0 Å². The van der Waals surface area contributed by atoms with E-state index in [0.29, 0.717) is 35.3 Å². The highest BCUT2D eigenvalue weighted by molar-refractivity contribution is 6.27. The van der Waals surface area contributed by atoms with Gasteiger partial charge in [-0.2, -0.15) is 0 Å². The predicted octanol–water partition coefficient (Wildman–Crippen LogP) is 1.99. The van der Waals surface area contributed by atoms with Gasteiger partial charge in [0.1, 0.15) is 5.82 Å². The molecular formula is C23H22N4O7. The van der Waals surface area contributed by atoms with Crippen LogP contribution in [-0.2, 0) is 16.0 Å². The number of nitrogens with one attached hydrogen (secondary N) is 3. The van der Waals surface area contributed by atoms with Crippen LogP contribution in [0, 0.1) is 0 Å². The van der Waals surface area contributed by atoms with E-state index in [4.69, 9.17) is 19.8 Å². The summed E-state index contributed by atoms with van der Waals surface area (Å²) in [7, 11) is 0. The van der Waals surface area contributed by atoms with Crippen LogP contribution in [0.5, 0.6) is 0 Å². The summed E-state index contributed by atoms with van der Waals surface area (Å²) in [6.45, 7) is 1.89. The van der Waals surface area contributed by atoms with Crippen LogP contribution in [0.1, 0.15) is 43.8 Å². The molecule has 1 aromatic heterocycles. The van der Waals surface area contributed by atoms with Crippen molar-refractivity contribution in [3.63, 3.8) is 0 Å². The number of rotatable bonds is 7. The number of carboxylic acids is 2. The average molecular weight is 466 g/mol. The summed E-state index contributed by atoms with van der Waals surface area (Å²) in [4.78, 5) is 61.6. The van der Waals surface area contributed by atoms with Crippen LogP contribution in [-0.4, -0.2) is 56.3 Å². The van der Waals surface area contributed by atoms with E-state index in [9.17, 15) is 14.4 Å². The lowest BCUT2D eigenvalue weighted by molar-refractivity contribution is -0.159. The molecule has 0 atom stereocenters. The number of carboxylic acid groups (broad SMARTS) is 2. The van der Waals surface area contributed by atoms with E-state index in [1.165, 1.54) is 6.92 Å². The Bertz CT molecular complexity index is 1160. The van der Waals surface area contributed by atoms with Crippen molar-refractivity contribution in [1.82, 2.24) is 15.3 Å². The maximum atomic E-state index is 12.5. The number of aromatic nitrogens is 2. The molecule has 0 spiro atoms. The first-order valence-electron chi connectivity index (χ1n) is 9.93. The second kappa shape index (κ2) is 12.3. The van der Waals surface area contributed by atoms with Crippen molar-refractivity contribution >= 4 is 35.2 Å². The van der Waals surface area contributed by atoms with Gasteiger partial charge in [0.25, 0.3) is 11.8 Å². The maximum absolute atomic E-state index is 12.5. The van der Waals surface area contributed by atoms with Gasteiger partial charge >= 0.3 is 11.9 Å². The van der Waals surface area contributed by atoms with Crippen molar-refractivity contribution in [2.24, 2.45) is 0 Å². The molecule has 0 aliphatic rings. The van der Waals surface area contributed by atoms with Gasteiger partial charge in [-0.3, -0.25) is 14.4 Å². The summed E-state index contributed by atoms with van der Waals surface area (Å²) in [5, 5.41) is 20.4. The van der Waals surface area contributed by atoms with Crippen molar-refractivity contribution in [3.8, 4) is 0 Å². The number of hydrogen-bond acceptors (Lipinski definition) is 6. The molecule has 11 nitrogen and oxygen atoms in total. The topological polar surface area (TPSA) is 179 Å². The molecule has 0 fully saturated rings. The molecule has 5 N–H and O–H groups in total. The maximum Gasteiger partial charge on any atom is 0.414 e. The summed E-state index contributed by atoms with van der Waals surface area (Å²) in [5.74, 6) is -3.57. The van der Waals surface area contributed by atoms with Crippen LogP contribution < -0.4 is 10.6 Å². The number of nitrogens with zero attached hydrogens (tertiary/aromatic N) is 1. The van der Waals surface area contributed by atoms with E-state index in [-0.39, 0.29) is 17.6 Å². The largest absolute Gasteiger partial charge is 0.473 e. The van der Waals surface area contributed by atoms with Crippen molar-refractivity contribution in [1.29, 1.82) is 0 Å². The van der Waals surface area contributed by atoms with Gasteiger partial charge in [-0.1, -0.05) is 24.3 Å². The Morgan fingerprint density at radius 2 is 1.50 bits per heavy atom. The second-order valence-corrected chi connectivity index (χ2v) is 6.79. The quantitative estimate of drug-likeness (QED) is 0.259. The molecule has 0 aliphatic heterocycles. The van der Waals surface area contributed by atoms with Gasteiger partial charge in [0.15, 0.2) is 5.78 Å². The predicted molar refractivity (Wildman–Crippen MR) is 121 cm³/mol. The normalized spacial score (nSPS) is 9.79. The molecule has 0 unspecified atom stereocenters. The number of carbonyl (C=O) groups excluding carboxylic acids is 3. The number of hydrogen-bond donors (Lipinski definition) is 5. The van der Waals surface area contributed by atoms with Gasteiger partial charge in [-0.25, -0.2) is 14.6 Å². The van der Waals surface area contributed by atoms with Crippen molar-refractivity contribution in [3.05, 3.63) is 83.4 Å². The molecular weight excluding hydrogens is 444 g/mol. The summed E-state index contributed by atoms with van der Waals surface area (Å²) in [6.07, 6.45) is 3.96. The number of anilines is 1. The fourth-order valence-corrected chi connectivity index (χ4v) is 2.67. The van der Waals surface area contributed by atoms with E-state index < -0.39 is 11.9 Å². The molecule has 0 saturated heterocycles. The molecule has 0 aliphatic carbocycles. The van der Waals surface area contributed by atoms with Crippen LogP contribution in [0.2, 0.25) is 0 Å². The number of aliphatic carboxylic acids is 2. The van der Waals surface area contributed by atoms with E-state index in [1.807, 2.05) is 0 Å². The Kier molecular flexibility index (Phi) is 9.20. The molecule has 2 amide bonds. The van der Waals surface area contributed by atoms with E-state index >= 15 is 0 Å². The number of ketones is 1. The second-order valence-electron chi connectivity index (χ2n) is 6.79. The molecule has 1 heterocycles. The molecule has 2 aromatic carbocycles. The lowest BCUT2D eigenvalue weighted by atomic mass is 10.1. The van der Waals surface area contributed by atoms with Crippen LogP contribution in [0.15, 0.2) is 60.9 Å². The van der Waals surface area contributed by atoms with Crippen molar-refractivity contribution < 1.29 is 34.2 Å². The average Bonchev–Trinajstić information content (AvgIpc) is 3.33. The molecule has 34 heavy (non-hydrogen) atoms. The Balaban J connectivity index is 0.000000604. The highest BCUT2D eigenvalue weighted by Crippen LogP contribution is 2.17. The highest BCUT2D eigenvalue weighted by Gasteiger charge is 2.14. The highest BCUT2D eigenvalue weighted by atomic mass is 16.4. The molecule has 176 valence electrons. The molecule has 0 saturated carbocycles. The molecule has 3 rings (SSSR count). The minimum Gasteiger partial charge on any atom is -0.473 e. The first-order valence-corrected chi connectivity index (χ1v) is 9.93. The fraction of sp³-hybridized carbons (Fsp3) is 0.130. The van der Waals surface area contributed by atoms with E-state index in [0.717, 1.165) is 5.82 Å². The van der Waals surface area contributed by atoms with Crippen LogP contribution in [0.4, 0.5) is 5.69 Å². The third-order valence-corrected chi connectivity index (χ3v) is 4.36. The first kappa shape index (κ1) is 25.5. The number of para-hydroxylation sites is 1. The number of H-pyrrole nitrogens is 1. The SMILES string of the molecule is CC(=O)c1ccc(C(=O)Nc2ccccc2C(=O)NCCc2ncc[nH]2)cc1.O=C(O)C(=O)O. The number of carbonyl (C=O) groups is 5. The number of benzene rings is 2. The number of amides is 2. The summed E-state index contributed by atoms with van der Waals surface area (Å²) in [6, 6.07) is 13.2. The van der Waals surface area contributed by atoms with Crippen LogP contribution in [0.25, 0.3) is 0 Å². The minimum atomic E-state index is -1.82. The Hall–Kier alpha value is -4.80. The minimum absolute atomic E-state index is 0.0662. The number of Topliss-reactive ketones (excluding diaryl/α,β-unsaturated/α-hetero) is 1. The fourth-order valence-electron chi connectivity index (χ4n) is 2.67. The monoisotopic (exact) mass is 466 g/mol. The van der Waals surface area contributed by atoms with Gasteiger partial charge in [0.2, 0.25) is 0 Å². The van der Waals surface area contributed by atoms with Crippen LogP contribution in [0.3, 0.4) is 0 Å². The van der Waals surface area contributed by atoms with Gasteiger partial charge in [0.05, 0.1) is 11.3 Å². The summed E-state index contributed by atoms with van der Waals surface area (Å²) < 4.78 is 0. The van der Waals surface area contributed by atoms with Gasteiger partial charge in [-0.15, -0.1) is 0 Å². The van der Waals surface area contributed by atoms with Crippen molar-refractivity contribution in [2.45, 2.75) is 13.3 Å². The molecule has 11 heteroatoms. The molecule has 0 radical (unpaired) electrons. The smallest absolute Gasteiger partial charge is 0.414 e. The zero-order chi connectivity index (χ0) is 25.1. The third kappa shape index (κ3) is 7.71. The van der Waals surface area contributed by atoms with E-state index in [2.05, 4.69) is 20.6 Å². The van der Waals surface area contributed by atoms with Crippen molar-refractivity contribution in [2.75, 3.05) is 11.9 Å². The Morgan fingerprint density at radius 3 is 2.06 bits per heavy atom. The molecule has 0 bridgehead atoms. The van der Waals surface area contributed by atoms with Gasteiger partial charge in [-0.05, 0) is 31.2 Å². The summed E-state index contributed by atoms with van der Waals surface area (Å²) >= 11 is 0. The first-order chi connectivity index (χ1) is 16.2. The van der Waals surface area contributed by atoms with E-state index in [1.54, 1.807) is 60.9 Å². The Morgan fingerprint density at radius 1 is 0.882 bits per heavy atom. The number of aromatic amines is 1. The zero-order valence-corrected chi connectivity index (χ0v) is 18.1. The lowest BCUT2D eigenvalue weighted by Crippen LogP contribution is -2.27. The third-order valence-electron chi connectivity index (χ3n) is 4.36. The summed E-state index contributed by atoms with van der Waals surface area (Å²) in [5.41, 5.74) is 1.72. The zero-order valence-electron chi connectivity index (χ0n) is 18.1. The lowest BCUT2D eigenvalue weighted by Gasteiger charge is -2.11. The van der Waals surface area contributed by atoms with Gasteiger partial charge < -0.3 is 25.8 Å². The standard InChI is InChI=1S/C21H20N4O3.C2H2O4/c1-14(26)15-6-8-16(9-7-15)20(27)25-18-5-3-2-4-17(18)21(28)24-11-10-19-22-12-13-23-19;3-1(4)2(5)6/h2-9,12-13H,10-11H2,1H3,(H,22,23)(H,24,28)(H,25,27);(H,3,4)(H,5,6). The Labute approximate surface area is 193 Å².